The van der Waals surface area contributed by atoms with Crippen molar-refractivity contribution in [3.8, 4) is 0 Å². The molecule has 1 saturated carbocycles. The first-order valence-corrected chi connectivity index (χ1v) is 6.72. The Bertz CT molecular complexity index is 524. The van der Waals surface area contributed by atoms with Crippen LogP contribution in [0.5, 0.6) is 0 Å². The normalized spacial score (nSPS) is 15.2. The van der Waals surface area contributed by atoms with Gasteiger partial charge in [0, 0.05) is 25.3 Å². The number of carbonyl (C=O) groups is 1. The van der Waals surface area contributed by atoms with Gasteiger partial charge in [-0.25, -0.2) is 4.79 Å². The monoisotopic (exact) mass is 278 g/mol. The second kappa shape index (κ2) is 5.90. The highest BCUT2D eigenvalue weighted by Crippen LogP contribution is 2.29. The first kappa shape index (κ1) is 14.3. The van der Waals surface area contributed by atoms with Gasteiger partial charge in [-0.15, -0.1) is 0 Å². The second-order valence-corrected chi connectivity index (χ2v) is 5.29. The topological polar surface area (TPSA) is 83.7 Å². The molecule has 1 aliphatic carbocycles. The minimum atomic E-state index is -1.27. The highest BCUT2D eigenvalue weighted by atomic mass is 16.6. The third-order valence-electron chi connectivity index (χ3n) is 3.85. The Morgan fingerprint density at radius 1 is 1.45 bits per heavy atom. The van der Waals surface area contributed by atoms with E-state index in [0.717, 1.165) is 6.54 Å². The van der Waals surface area contributed by atoms with Crippen LogP contribution in [0.3, 0.4) is 0 Å². The van der Waals surface area contributed by atoms with Crippen molar-refractivity contribution >= 4 is 17.3 Å². The minimum Gasteiger partial charge on any atom is -0.477 e. The van der Waals surface area contributed by atoms with Crippen LogP contribution in [0, 0.1) is 16.0 Å². The molecule has 0 amide bonds. The van der Waals surface area contributed by atoms with E-state index in [2.05, 4.69) is 0 Å². The van der Waals surface area contributed by atoms with Gasteiger partial charge < -0.3 is 10.0 Å². The summed E-state index contributed by atoms with van der Waals surface area (Å²) in [5.74, 6) is -0.642. The second-order valence-electron chi connectivity index (χ2n) is 5.29. The number of hydrogen-bond acceptors (Lipinski definition) is 4. The number of nitro benzene ring substituents is 1. The van der Waals surface area contributed by atoms with Crippen LogP contribution in [-0.2, 0) is 0 Å². The Morgan fingerprint density at radius 3 is 2.65 bits per heavy atom. The number of carboxylic acids is 1. The molecule has 0 unspecified atom stereocenters. The van der Waals surface area contributed by atoms with Crippen LogP contribution in [0.1, 0.15) is 36.0 Å². The molecule has 0 heterocycles. The lowest BCUT2D eigenvalue weighted by Crippen LogP contribution is -2.24. The number of anilines is 1. The highest BCUT2D eigenvalue weighted by Gasteiger charge is 2.22. The molecule has 1 fully saturated rings. The summed E-state index contributed by atoms with van der Waals surface area (Å²) in [4.78, 5) is 23.3. The summed E-state index contributed by atoms with van der Waals surface area (Å²) in [5, 5.41) is 19.9. The van der Waals surface area contributed by atoms with E-state index in [0.29, 0.717) is 11.6 Å². The molecule has 1 aliphatic rings. The zero-order valence-corrected chi connectivity index (χ0v) is 11.4. The van der Waals surface area contributed by atoms with Crippen LogP contribution in [0.4, 0.5) is 11.4 Å². The van der Waals surface area contributed by atoms with E-state index >= 15 is 0 Å². The smallest absolute Gasteiger partial charge is 0.342 e. The van der Waals surface area contributed by atoms with E-state index in [1.165, 1.54) is 37.8 Å². The van der Waals surface area contributed by atoms with Crippen molar-refractivity contribution in [2.75, 3.05) is 18.5 Å². The molecule has 6 heteroatoms. The van der Waals surface area contributed by atoms with Crippen molar-refractivity contribution in [2.45, 2.75) is 25.7 Å². The molecule has 6 nitrogen and oxygen atoms in total. The molecule has 0 atom stereocenters. The predicted molar refractivity (Wildman–Crippen MR) is 75.3 cm³/mol. The van der Waals surface area contributed by atoms with Crippen molar-refractivity contribution in [3.05, 3.63) is 33.9 Å². The molecule has 0 saturated heterocycles. The van der Waals surface area contributed by atoms with Gasteiger partial charge >= 0.3 is 5.97 Å². The molecule has 0 radical (unpaired) electrons. The summed E-state index contributed by atoms with van der Waals surface area (Å²) < 4.78 is 0. The van der Waals surface area contributed by atoms with Crippen molar-refractivity contribution in [3.63, 3.8) is 0 Å². The van der Waals surface area contributed by atoms with E-state index < -0.39 is 10.9 Å². The standard InChI is InChI=1S/C14H18N2O4/c1-15(9-10-4-2-3-5-10)11-6-7-13(16(19)20)12(8-11)14(17)18/h6-8,10H,2-5,9H2,1H3,(H,17,18). The van der Waals surface area contributed by atoms with Gasteiger partial charge in [0.25, 0.3) is 5.69 Å². The molecule has 20 heavy (non-hydrogen) atoms. The summed E-state index contributed by atoms with van der Waals surface area (Å²) in [6.07, 6.45) is 4.89. The fourth-order valence-corrected chi connectivity index (χ4v) is 2.78. The van der Waals surface area contributed by atoms with Crippen LogP contribution in [-0.4, -0.2) is 29.6 Å². The van der Waals surface area contributed by atoms with E-state index in [-0.39, 0.29) is 11.3 Å². The Morgan fingerprint density at radius 2 is 2.10 bits per heavy atom. The van der Waals surface area contributed by atoms with Gasteiger partial charge in [0.05, 0.1) is 4.92 Å². The summed E-state index contributed by atoms with van der Waals surface area (Å²) in [5.41, 5.74) is 0.0844. The van der Waals surface area contributed by atoms with Gasteiger partial charge in [-0.1, -0.05) is 12.8 Å². The van der Waals surface area contributed by atoms with Crippen LogP contribution in [0.25, 0.3) is 0 Å². The largest absolute Gasteiger partial charge is 0.477 e. The van der Waals surface area contributed by atoms with E-state index in [4.69, 9.17) is 5.11 Å². The van der Waals surface area contributed by atoms with Crippen LogP contribution < -0.4 is 4.90 Å². The number of hydrogen-bond donors (Lipinski definition) is 1. The lowest BCUT2D eigenvalue weighted by molar-refractivity contribution is -0.385. The van der Waals surface area contributed by atoms with Gasteiger partial charge in [0.2, 0.25) is 0 Å². The summed E-state index contributed by atoms with van der Waals surface area (Å²) in [6, 6.07) is 4.26. The molecule has 108 valence electrons. The van der Waals surface area contributed by atoms with Gasteiger partial charge in [-0.05, 0) is 30.9 Å². The zero-order chi connectivity index (χ0) is 14.7. The maximum absolute atomic E-state index is 11.1. The number of rotatable bonds is 5. The maximum atomic E-state index is 11.1. The first-order chi connectivity index (χ1) is 9.49. The van der Waals surface area contributed by atoms with Crippen LogP contribution in [0.15, 0.2) is 18.2 Å². The Hall–Kier alpha value is -2.11. The number of aromatic carboxylic acids is 1. The molecular formula is C14H18N2O4. The summed E-state index contributed by atoms with van der Waals surface area (Å²) in [6.45, 7) is 0.858. The first-order valence-electron chi connectivity index (χ1n) is 6.72. The SMILES string of the molecule is CN(CC1CCCC1)c1ccc([N+](=O)[O-])c(C(=O)O)c1. The molecule has 1 aromatic carbocycles. The molecule has 1 aromatic rings. The molecule has 2 rings (SSSR count). The Balaban J connectivity index is 2.21. The molecule has 0 aliphatic heterocycles. The highest BCUT2D eigenvalue weighted by molar-refractivity contribution is 5.93. The number of benzene rings is 1. The Labute approximate surface area is 117 Å². The summed E-state index contributed by atoms with van der Waals surface area (Å²) >= 11 is 0. The number of carboxylic acid groups (broad SMARTS) is 1. The molecule has 0 aromatic heterocycles. The van der Waals surface area contributed by atoms with E-state index in [9.17, 15) is 14.9 Å². The van der Waals surface area contributed by atoms with Crippen molar-refractivity contribution < 1.29 is 14.8 Å². The molecule has 0 spiro atoms. The predicted octanol–water partition coefficient (Wildman–Crippen LogP) is 2.92. The minimum absolute atomic E-state index is 0.259. The van der Waals surface area contributed by atoms with Crippen molar-refractivity contribution in [2.24, 2.45) is 5.92 Å². The number of nitrogens with zero attached hydrogens (tertiary/aromatic N) is 2. The van der Waals surface area contributed by atoms with E-state index in [1.54, 1.807) is 6.07 Å². The summed E-state index contributed by atoms with van der Waals surface area (Å²) in [7, 11) is 1.89. The maximum Gasteiger partial charge on any atom is 0.342 e. The lowest BCUT2D eigenvalue weighted by Gasteiger charge is -2.23. The average molecular weight is 278 g/mol. The van der Waals surface area contributed by atoms with Gasteiger partial charge in [0.1, 0.15) is 5.56 Å². The van der Waals surface area contributed by atoms with Crippen LogP contribution >= 0.6 is 0 Å². The molecular weight excluding hydrogens is 260 g/mol. The van der Waals surface area contributed by atoms with Crippen LogP contribution in [0.2, 0.25) is 0 Å². The average Bonchev–Trinajstić information content (AvgIpc) is 2.90. The quantitative estimate of drug-likeness (QED) is 0.661. The van der Waals surface area contributed by atoms with E-state index in [1.807, 2.05) is 11.9 Å². The van der Waals surface area contributed by atoms with Gasteiger partial charge in [0.15, 0.2) is 0 Å². The molecule has 1 N–H and O–H groups in total. The Kier molecular flexibility index (Phi) is 4.22. The molecule has 0 bridgehead atoms. The third kappa shape index (κ3) is 3.07. The number of nitro groups is 1. The third-order valence-corrected chi connectivity index (χ3v) is 3.85. The fourth-order valence-electron chi connectivity index (χ4n) is 2.78. The van der Waals surface area contributed by atoms with Gasteiger partial charge in [-0.2, -0.15) is 0 Å². The van der Waals surface area contributed by atoms with Crippen molar-refractivity contribution in [1.82, 2.24) is 0 Å². The fraction of sp³-hybridized carbons (Fsp3) is 0.500. The van der Waals surface area contributed by atoms with Gasteiger partial charge in [-0.3, -0.25) is 10.1 Å². The lowest BCUT2D eigenvalue weighted by atomic mass is 10.1. The van der Waals surface area contributed by atoms with Crippen molar-refractivity contribution in [1.29, 1.82) is 0 Å². The zero-order valence-electron chi connectivity index (χ0n) is 11.4.